The van der Waals surface area contributed by atoms with Crippen LogP contribution in [0.5, 0.6) is 0 Å². The lowest BCUT2D eigenvalue weighted by Crippen LogP contribution is -2.43. The van der Waals surface area contributed by atoms with Gasteiger partial charge in [-0.25, -0.2) is 0 Å². The average Bonchev–Trinajstić information content (AvgIpc) is 1.68. The van der Waals surface area contributed by atoms with Crippen molar-refractivity contribution in [1.29, 1.82) is 0 Å². The second-order valence-corrected chi connectivity index (χ2v) is 27.4. The van der Waals surface area contributed by atoms with Crippen molar-refractivity contribution in [3.63, 3.8) is 0 Å². The predicted octanol–water partition coefficient (Wildman–Crippen LogP) is 7.76. The topological polar surface area (TPSA) is 360 Å². The Balaban J connectivity index is 6.20. The number of carbonyl (C=O) groups excluding carboxylic acids is 11. The zero-order valence-electron chi connectivity index (χ0n) is 59.9. The number of hydrogen-bond acceptors (Lipinski definition) is 17. The molecule has 0 rings (SSSR count). The average molecular weight is 1330 g/mol. The number of amides is 5. The third kappa shape index (κ3) is 47.1. The Kier molecular flexibility index (Phi) is 54.3. The lowest BCUT2D eigenvalue weighted by atomic mass is 9.92. The van der Waals surface area contributed by atoms with Crippen molar-refractivity contribution >= 4 is 64.2 Å². The number of carbonyl (C=O) groups is 11. The number of rotatable bonds is 65. The molecule has 22 heteroatoms. The van der Waals surface area contributed by atoms with Crippen molar-refractivity contribution < 1.29 is 52.7 Å². The van der Waals surface area contributed by atoms with Gasteiger partial charge in [-0.3, -0.25) is 52.7 Å². The first-order valence-corrected chi connectivity index (χ1v) is 36.6. The van der Waals surface area contributed by atoms with Crippen molar-refractivity contribution in [3.8, 4) is 0 Å². The minimum atomic E-state index is -0.416. The molecule has 0 aliphatic rings. The highest BCUT2D eigenvalue weighted by atomic mass is 16.2. The summed E-state index contributed by atoms with van der Waals surface area (Å²) in [5, 5.41) is 0. The van der Waals surface area contributed by atoms with Gasteiger partial charge in [-0.15, -0.1) is 0 Å². The summed E-state index contributed by atoms with van der Waals surface area (Å²) in [7, 11) is 0. The first-order chi connectivity index (χ1) is 45.0. The molecule has 12 N–H and O–H groups in total. The van der Waals surface area contributed by atoms with Crippen LogP contribution in [0.2, 0.25) is 0 Å². The summed E-state index contributed by atoms with van der Waals surface area (Å²) in [5.74, 6) is -4.05. The van der Waals surface area contributed by atoms with E-state index in [9.17, 15) is 52.7 Å². The second kappa shape index (κ2) is 57.2. The van der Waals surface area contributed by atoms with E-state index in [2.05, 4.69) is 6.92 Å². The molecule has 0 aromatic rings. The van der Waals surface area contributed by atoms with Gasteiger partial charge in [-0.05, 0) is 140 Å². The van der Waals surface area contributed by atoms with Crippen LogP contribution in [0.25, 0.3) is 0 Å². The number of Topliss-reactive ketones (excluding diaryl/α,β-unsaturated/α-hetero) is 6. The van der Waals surface area contributed by atoms with E-state index in [4.69, 9.17) is 34.4 Å². The van der Waals surface area contributed by atoms with Gasteiger partial charge in [-0.1, -0.05) is 117 Å². The summed E-state index contributed by atoms with van der Waals surface area (Å²) in [6, 6.07) is 0. The first-order valence-electron chi connectivity index (χ1n) is 36.6. The van der Waals surface area contributed by atoms with Crippen LogP contribution in [0.3, 0.4) is 0 Å². The maximum Gasteiger partial charge on any atom is 0.223 e. The zero-order valence-corrected chi connectivity index (χ0v) is 59.9. The van der Waals surface area contributed by atoms with E-state index in [-0.39, 0.29) is 205 Å². The number of hydrogen-bond donors (Lipinski definition) is 6. The van der Waals surface area contributed by atoms with Gasteiger partial charge in [0.05, 0.1) is 32.7 Å². The van der Waals surface area contributed by atoms with Crippen LogP contribution in [0.1, 0.15) is 260 Å². The largest absolute Gasteiger partial charge is 0.335 e. The van der Waals surface area contributed by atoms with E-state index in [1.807, 2.05) is 13.8 Å². The molecular weight excluding hydrogens is 1190 g/mol. The Morgan fingerprint density at radius 1 is 0.287 bits per heavy atom. The van der Waals surface area contributed by atoms with Gasteiger partial charge in [0.15, 0.2) is 23.1 Å². The van der Waals surface area contributed by atoms with Crippen LogP contribution >= 0.6 is 0 Å². The smallest absolute Gasteiger partial charge is 0.223 e. The highest BCUT2D eigenvalue weighted by molar-refractivity contribution is 5.89. The quantitative estimate of drug-likeness (QED) is 0.0317. The minimum absolute atomic E-state index is 0.00692. The van der Waals surface area contributed by atoms with Gasteiger partial charge < -0.3 is 58.9 Å². The van der Waals surface area contributed by atoms with Crippen molar-refractivity contribution in [1.82, 2.24) is 24.5 Å². The molecule has 0 aliphatic heterocycles. The molecular formula is C72H135N11O11. The molecule has 0 spiro atoms. The van der Waals surface area contributed by atoms with Crippen LogP contribution in [-0.2, 0) is 52.7 Å². The van der Waals surface area contributed by atoms with Gasteiger partial charge in [-0.2, -0.15) is 0 Å². The summed E-state index contributed by atoms with van der Waals surface area (Å²) >= 11 is 0. The van der Waals surface area contributed by atoms with Gasteiger partial charge in [0, 0.05) is 104 Å². The lowest BCUT2D eigenvalue weighted by molar-refractivity contribution is -0.138. The third-order valence-electron chi connectivity index (χ3n) is 17.6. The molecule has 0 saturated carbocycles. The van der Waals surface area contributed by atoms with E-state index in [1.54, 1.807) is 0 Å². The number of nitrogens with zero attached hydrogens (tertiary/aromatic N) is 5. The molecule has 5 amide bonds. The van der Waals surface area contributed by atoms with E-state index in [0.29, 0.717) is 116 Å². The molecule has 0 unspecified atom stereocenters. The molecule has 0 heterocycles. The van der Waals surface area contributed by atoms with Crippen LogP contribution in [0.4, 0.5) is 0 Å². The fourth-order valence-corrected chi connectivity index (χ4v) is 12.5. The Morgan fingerprint density at radius 3 is 0.862 bits per heavy atom. The normalized spacial score (nSPS) is 12.9. The van der Waals surface area contributed by atoms with Crippen molar-refractivity contribution in [2.75, 3.05) is 105 Å². The summed E-state index contributed by atoms with van der Waals surface area (Å²) in [6.07, 6.45) is 24.0. The van der Waals surface area contributed by atoms with E-state index in [1.165, 1.54) is 109 Å². The van der Waals surface area contributed by atoms with Crippen LogP contribution in [0.15, 0.2) is 0 Å². The highest BCUT2D eigenvalue weighted by Gasteiger charge is 2.30. The molecule has 0 fully saturated rings. The highest BCUT2D eigenvalue weighted by Crippen LogP contribution is 2.23. The summed E-state index contributed by atoms with van der Waals surface area (Å²) in [4.78, 5) is 156. The maximum atomic E-state index is 14.4. The Morgan fingerprint density at radius 2 is 0.564 bits per heavy atom. The molecule has 0 aromatic carbocycles. The van der Waals surface area contributed by atoms with E-state index in [0.717, 1.165) is 19.3 Å². The minimum Gasteiger partial charge on any atom is -0.335 e. The maximum absolute atomic E-state index is 14.4. The Hall–Kier alpha value is -4.87. The molecule has 0 saturated heterocycles. The molecule has 0 aromatic heterocycles. The van der Waals surface area contributed by atoms with Gasteiger partial charge >= 0.3 is 0 Å². The van der Waals surface area contributed by atoms with Crippen molar-refractivity contribution in [2.24, 2.45) is 64.0 Å². The summed E-state index contributed by atoms with van der Waals surface area (Å²) in [5.41, 5.74) is 35.0. The van der Waals surface area contributed by atoms with Gasteiger partial charge in [0.2, 0.25) is 29.5 Å². The van der Waals surface area contributed by atoms with E-state index < -0.39 is 11.8 Å². The number of ketones is 6. The fraction of sp³-hybridized carbons (Fsp3) is 0.847. The fourth-order valence-electron chi connectivity index (χ4n) is 12.5. The third-order valence-corrected chi connectivity index (χ3v) is 17.6. The first kappa shape index (κ1) is 89.1. The van der Waals surface area contributed by atoms with Crippen molar-refractivity contribution in [2.45, 2.75) is 260 Å². The number of nitrogens with two attached hydrogens (primary N) is 6. The monoisotopic (exact) mass is 1330 g/mol. The molecule has 5 atom stereocenters. The van der Waals surface area contributed by atoms with Crippen LogP contribution in [-0.4, -0.2) is 193 Å². The standard InChI is InChI=1S/C72H135N11O11/c1-7-8-9-10-11-12-13-14-15-16-17-18-19-32-65(87)42-57(2)47-79(60(5)85)53-66(88)43-58(3)48-80(61(6)86)54-67(89)44-63(30-21-24-37-74)51-82(71(93)34-27-40-77)56-69(91)46-64(31-22-25-38-75)52-83(72(94)35-28-41-78)55-68(90)45-62(29-20-23-36-73)50-81(49-59(4)84)70(92)33-26-39-76/h57-58,62-64H,7-56,73-78H2,1-6H3/t57-,58-,62-,63-,64-/m1/s1. The SMILES string of the molecule is CCCCCCCCCCCCCCCC(=O)C[C@@H](C)CN(CC(=O)C[C@@H](C)CN(CC(=O)C[C@@H](CCCCN)CN(CC(=O)C[C@@H](CCCCN)CN(CC(=O)C[C@@H](CCCCN)CN(CC(C)=O)C(=O)CCCN)C(=O)CCCN)C(=O)CCCN)C(C)=O)C(C)=O. The van der Waals surface area contributed by atoms with E-state index >= 15 is 0 Å². The molecule has 544 valence electrons. The predicted molar refractivity (Wildman–Crippen MR) is 376 cm³/mol. The number of unbranched alkanes of at least 4 members (excludes halogenated alkanes) is 15. The zero-order chi connectivity index (χ0) is 70.5. The van der Waals surface area contributed by atoms with Gasteiger partial charge in [0.1, 0.15) is 11.6 Å². The van der Waals surface area contributed by atoms with Crippen LogP contribution < -0.4 is 34.4 Å². The molecule has 0 radical (unpaired) electrons. The van der Waals surface area contributed by atoms with Crippen LogP contribution in [0, 0.1) is 29.6 Å². The van der Waals surface area contributed by atoms with Crippen molar-refractivity contribution in [3.05, 3.63) is 0 Å². The second-order valence-electron chi connectivity index (χ2n) is 27.4. The molecule has 94 heavy (non-hydrogen) atoms. The Labute approximate surface area is 567 Å². The molecule has 22 nitrogen and oxygen atoms in total. The molecule has 0 aliphatic carbocycles. The summed E-state index contributed by atoms with van der Waals surface area (Å²) in [6.45, 7) is 12.0. The van der Waals surface area contributed by atoms with Gasteiger partial charge in [0.25, 0.3) is 0 Å². The summed E-state index contributed by atoms with van der Waals surface area (Å²) < 4.78 is 0. The molecule has 0 bridgehead atoms. The Bertz CT molecular complexity index is 2150. The lowest BCUT2D eigenvalue weighted by Gasteiger charge is -2.31.